The number of rotatable bonds is 4. The van der Waals surface area contributed by atoms with E-state index in [1.165, 1.54) is 5.56 Å². The van der Waals surface area contributed by atoms with Crippen molar-refractivity contribution in [1.82, 2.24) is 29.9 Å². The van der Waals surface area contributed by atoms with Crippen LogP contribution in [0, 0.1) is 0 Å². The summed E-state index contributed by atoms with van der Waals surface area (Å²) in [5.74, 6) is 1.10. The van der Waals surface area contributed by atoms with Crippen LogP contribution in [-0.2, 0) is 19.5 Å². The molecular weight excluding hydrogens is 276 g/mol. The highest BCUT2D eigenvalue weighted by Gasteiger charge is 2.18. The van der Waals surface area contributed by atoms with Gasteiger partial charge in [-0.3, -0.25) is 0 Å². The first kappa shape index (κ1) is 13.2. The second-order valence-corrected chi connectivity index (χ2v) is 5.59. The summed E-state index contributed by atoms with van der Waals surface area (Å²) in [4.78, 5) is 4.26. The van der Waals surface area contributed by atoms with Crippen molar-refractivity contribution < 1.29 is 0 Å². The molecule has 1 atom stereocenters. The normalized spacial score (nSPS) is 17.4. The molecule has 6 heteroatoms. The molecule has 0 radical (unpaired) electrons. The maximum Gasteiger partial charge on any atom is 0.138 e. The number of aromatic nitrogens is 5. The topological polar surface area (TPSA) is 60.6 Å². The lowest BCUT2D eigenvalue weighted by atomic mass is 10.1. The Labute approximate surface area is 128 Å². The van der Waals surface area contributed by atoms with E-state index in [4.69, 9.17) is 0 Å². The summed E-state index contributed by atoms with van der Waals surface area (Å²) in [6.07, 6.45) is 7.49. The molecule has 112 valence electrons. The van der Waals surface area contributed by atoms with Crippen molar-refractivity contribution in [3.05, 3.63) is 60.4 Å². The largest absolute Gasteiger partial charge is 0.308 e. The van der Waals surface area contributed by atoms with E-state index in [9.17, 15) is 0 Å². The maximum absolute atomic E-state index is 4.26. The van der Waals surface area contributed by atoms with Crippen LogP contribution >= 0.6 is 0 Å². The van der Waals surface area contributed by atoms with Crippen molar-refractivity contribution >= 4 is 0 Å². The van der Waals surface area contributed by atoms with Gasteiger partial charge < -0.3 is 5.32 Å². The second kappa shape index (κ2) is 5.73. The molecule has 3 aromatic rings. The first-order valence-electron chi connectivity index (χ1n) is 7.57. The predicted molar refractivity (Wildman–Crippen MR) is 82.5 cm³/mol. The van der Waals surface area contributed by atoms with Crippen molar-refractivity contribution in [2.24, 2.45) is 0 Å². The molecule has 0 saturated heterocycles. The second-order valence-electron chi connectivity index (χ2n) is 5.59. The van der Waals surface area contributed by atoms with Crippen molar-refractivity contribution in [2.45, 2.75) is 32.0 Å². The zero-order valence-corrected chi connectivity index (χ0v) is 12.3. The molecule has 1 aliphatic rings. The summed E-state index contributed by atoms with van der Waals surface area (Å²) in [5, 5.41) is 12.1. The maximum atomic E-state index is 4.26. The molecule has 3 heterocycles. The van der Waals surface area contributed by atoms with Crippen molar-refractivity contribution in [1.29, 1.82) is 0 Å². The van der Waals surface area contributed by atoms with Gasteiger partial charge in [0.15, 0.2) is 0 Å². The minimum absolute atomic E-state index is 0.458. The van der Waals surface area contributed by atoms with Gasteiger partial charge in [-0.2, -0.15) is 10.2 Å². The third-order valence-electron chi connectivity index (χ3n) is 4.11. The lowest BCUT2D eigenvalue weighted by Gasteiger charge is -2.23. The number of nitrogens with zero attached hydrogens (tertiary/aromatic N) is 5. The Kier molecular flexibility index (Phi) is 3.44. The Hall–Kier alpha value is -2.47. The minimum Gasteiger partial charge on any atom is -0.308 e. The number of aryl methyl sites for hydroxylation is 1. The summed E-state index contributed by atoms with van der Waals surface area (Å²) in [6.45, 7) is 1.77. The summed E-state index contributed by atoms with van der Waals surface area (Å²) < 4.78 is 3.87. The van der Waals surface area contributed by atoms with Crippen LogP contribution in [0.25, 0.3) is 5.69 Å². The Morgan fingerprint density at radius 3 is 2.91 bits per heavy atom. The van der Waals surface area contributed by atoms with Crippen LogP contribution in [-0.4, -0.2) is 30.6 Å². The first-order chi connectivity index (χ1) is 10.9. The predicted octanol–water partition coefficient (Wildman–Crippen LogP) is 1.57. The smallest absolute Gasteiger partial charge is 0.138 e. The highest BCUT2D eigenvalue weighted by atomic mass is 15.3. The van der Waals surface area contributed by atoms with Crippen LogP contribution in [0.3, 0.4) is 0 Å². The molecule has 0 bridgehead atoms. The molecule has 0 spiro atoms. The monoisotopic (exact) mass is 294 g/mol. The molecule has 1 aromatic carbocycles. The van der Waals surface area contributed by atoms with Gasteiger partial charge in [-0.1, -0.05) is 12.1 Å². The molecule has 2 aromatic heterocycles. The van der Waals surface area contributed by atoms with E-state index < -0.39 is 0 Å². The Bertz CT molecular complexity index is 728. The van der Waals surface area contributed by atoms with Crippen LogP contribution < -0.4 is 5.32 Å². The molecule has 1 aliphatic heterocycles. The van der Waals surface area contributed by atoms with Gasteiger partial charge in [0, 0.05) is 31.4 Å². The molecule has 6 nitrogen and oxygen atoms in total. The number of hydrogen-bond acceptors (Lipinski definition) is 4. The summed E-state index contributed by atoms with van der Waals surface area (Å²) in [5.41, 5.74) is 2.36. The zero-order chi connectivity index (χ0) is 14.8. The molecule has 22 heavy (non-hydrogen) atoms. The standard InChI is InChI=1S/C16H18N6/c1-8-19-21(9-1)15-5-2-13(3-6-15)10-17-14-4-7-16-18-12-20-22(16)11-14/h1-3,5-6,8-9,12,14,17H,4,7,10-11H2. The van der Waals surface area contributed by atoms with Crippen molar-refractivity contribution in [3.63, 3.8) is 0 Å². The molecular formula is C16H18N6. The van der Waals surface area contributed by atoms with E-state index in [1.54, 1.807) is 12.5 Å². The highest BCUT2D eigenvalue weighted by Crippen LogP contribution is 2.13. The summed E-state index contributed by atoms with van der Waals surface area (Å²) in [6, 6.07) is 10.9. The summed E-state index contributed by atoms with van der Waals surface area (Å²) in [7, 11) is 0. The van der Waals surface area contributed by atoms with Crippen LogP contribution in [0.5, 0.6) is 0 Å². The van der Waals surface area contributed by atoms with E-state index in [0.717, 1.165) is 37.4 Å². The molecule has 4 rings (SSSR count). The van der Waals surface area contributed by atoms with Crippen LogP contribution in [0.2, 0.25) is 0 Å². The lowest BCUT2D eigenvalue weighted by molar-refractivity contribution is 0.358. The van der Waals surface area contributed by atoms with E-state index in [0.29, 0.717) is 6.04 Å². The van der Waals surface area contributed by atoms with Gasteiger partial charge in [0.05, 0.1) is 12.2 Å². The van der Waals surface area contributed by atoms with E-state index in [-0.39, 0.29) is 0 Å². The minimum atomic E-state index is 0.458. The molecule has 0 amide bonds. The first-order valence-corrected chi connectivity index (χ1v) is 7.57. The quantitative estimate of drug-likeness (QED) is 0.793. The third kappa shape index (κ3) is 2.65. The van der Waals surface area contributed by atoms with Crippen LogP contribution in [0.1, 0.15) is 17.8 Å². The molecule has 0 fully saturated rings. The number of hydrogen-bond donors (Lipinski definition) is 1. The average Bonchev–Trinajstić information content (AvgIpc) is 3.24. The van der Waals surface area contributed by atoms with E-state index in [1.807, 2.05) is 21.6 Å². The highest BCUT2D eigenvalue weighted by molar-refractivity contribution is 5.33. The Morgan fingerprint density at radius 1 is 1.18 bits per heavy atom. The average molecular weight is 294 g/mol. The van der Waals surface area contributed by atoms with Gasteiger partial charge >= 0.3 is 0 Å². The Morgan fingerprint density at radius 2 is 2.09 bits per heavy atom. The van der Waals surface area contributed by atoms with Crippen molar-refractivity contribution in [3.8, 4) is 5.69 Å². The van der Waals surface area contributed by atoms with Gasteiger partial charge in [-0.15, -0.1) is 0 Å². The van der Waals surface area contributed by atoms with Crippen molar-refractivity contribution in [2.75, 3.05) is 0 Å². The fourth-order valence-electron chi connectivity index (χ4n) is 2.85. The lowest BCUT2D eigenvalue weighted by Crippen LogP contribution is -2.37. The molecule has 0 aliphatic carbocycles. The van der Waals surface area contributed by atoms with Gasteiger partial charge in [-0.05, 0) is 30.2 Å². The zero-order valence-electron chi connectivity index (χ0n) is 12.3. The fraction of sp³-hybridized carbons (Fsp3) is 0.312. The van der Waals surface area contributed by atoms with Crippen LogP contribution in [0.4, 0.5) is 0 Å². The van der Waals surface area contributed by atoms with Crippen LogP contribution in [0.15, 0.2) is 49.1 Å². The van der Waals surface area contributed by atoms with Gasteiger partial charge in [-0.25, -0.2) is 14.3 Å². The number of nitrogens with one attached hydrogen (secondary N) is 1. The van der Waals surface area contributed by atoms with Gasteiger partial charge in [0.1, 0.15) is 12.2 Å². The molecule has 0 saturated carbocycles. The molecule has 1 N–H and O–H groups in total. The molecule has 1 unspecified atom stereocenters. The van der Waals surface area contributed by atoms with Gasteiger partial charge in [0.25, 0.3) is 0 Å². The number of fused-ring (bicyclic) bond motifs is 1. The fourth-order valence-corrected chi connectivity index (χ4v) is 2.85. The summed E-state index contributed by atoms with van der Waals surface area (Å²) >= 11 is 0. The van der Waals surface area contributed by atoms with E-state index in [2.05, 4.69) is 44.8 Å². The van der Waals surface area contributed by atoms with E-state index >= 15 is 0 Å². The van der Waals surface area contributed by atoms with Gasteiger partial charge in [0.2, 0.25) is 0 Å². The SMILES string of the molecule is c1cnn(-c2ccc(CNC3CCc4ncnn4C3)cc2)c1. The third-order valence-corrected chi connectivity index (χ3v) is 4.11. The Balaban J connectivity index is 1.36. The number of benzene rings is 1.